The van der Waals surface area contributed by atoms with Crippen LogP contribution in [0.4, 0.5) is 0 Å². The molecule has 0 aliphatic heterocycles. The van der Waals surface area contributed by atoms with Crippen molar-refractivity contribution in [3.05, 3.63) is 44.6 Å². The van der Waals surface area contributed by atoms with Gasteiger partial charge in [0.2, 0.25) is 0 Å². The molecule has 6 nitrogen and oxygen atoms in total. The molecule has 1 N–H and O–H groups in total. The van der Waals surface area contributed by atoms with Crippen molar-refractivity contribution in [3.63, 3.8) is 0 Å². The second-order valence-electron chi connectivity index (χ2n) is 4.15. The van der Waals surface area contributed by atoms with E-state index < -0.39 is 23.8 Å². The summed E-state index contributed by atoms with van der Waals surface area (Å²) in [4.78, 5) is 34.6. The van der Waals surface area contributed by atoms with Crippen molar-refractivity contribution in [2.75, 3.05) is 0 Å². The Hall–Kier alpha value is -2.37. The van der Waals surface area contributed by atoms with Crippen LogP contribution in [0.25, 0.3) is 10.9 Å². The Morgan fingerprint density at radius 3 is 2.61 bits per heavy atom. The number of carboxylic acids is 1. The summed E-state index contributed by atoms with van der Waals surface area (Å²) >= 11 is 0. The maximum absolute atomic E-state index is 12.0. The van der Waals surface area contributed by atoms with Gasteiger partial charge >= 0.3 is 11.7 Å². The van der Waals surface area contributed by atoms with Crippen LogP contribution in [-0.4, -0.2) is 20.2 Å². The number of aryl methyl sites for hydroxylation is 2. The molecular formula is C12H12N2O4. The van der Waals surface area contributed by atoms with Gasteiger partial charge in [-0.15, -0.1) is 0 Å². The lowest BCUT2D eigenvalue weighted by molar-refractivity contribution is -0.137. The molecule has 1 heterocycles. The van der Waals surface area contributed by atoms with E-state index in [4.69, 9.17) is 5.11 Å². The van der Waals surface area contributed by atoms with Gasteiger partial charge in [0.15, 0.2) is 0 Å². The Morgan fingerprint density at radius 2 is 2.00 bits per heavy atom. The Bertz CT molecular complexity index is 755. The summed E-state index contributed by atoms with van der Waals surface area (Å²) in [5.74, 6) is -1.22. The van der Waals surface area contributed by atoms with Crippen molar-refractivity contribution in [1.82, 2.24) is 9.13 Å². The minimum atomic E-state index is -1.22. The zero-order valence-electron chi connectivity index (χ0n) is 10.0. The van der Waals surface area contributed by atoms with Crippen LogP contribution < -0.4 is 11.2 Å². The van der Waals surface area contributed by atoms with Crippen LogP contribution in [0.1, 0.15) is 5.56 Å². The topological polar surface area (TPSA) is 81.3 Å². The molecule has 0 unspecified atom stereocenters. The van der Waals surface area contributed by atoms with Crippen LogP contribution in [0.15, 0.2) is 27.8 Å². The molecule has 0 saturated heterocycles. The molecule has 0 bridgehead atoms. The third-order valence-electron chi connectivity index (χ3n) is 2.80. The van der Waals surface area contributed by atoms with Gasteiger partial charge in [0.25, 0.3) is 5.56 Å². The third-order valence-corrected chi connectivity index (χ3v) is 2.80. The molecular weight excluding hydrogens is 236 g/mol. The number of fused-ring (bicyclic) bond motifs is 1. The van der Waals surface area contributed by atoms with Gasteiger partial charge in [-0.2, -0.15) is 0 Å². The highest BCUT2D eigenvalue weighted by Gasteiger charge is 2.12. The average Bonchev–Trinajstić information content (AvgIpc) is 2.31. The molecule has 0 saturated carbocycles. The van der Waals surface area contributed by atoms with E-state index in [0.29, 0.717) is 10.9 Å². The van der Waals surface area contributed by atoms with E-state index in [-0.39, 0.29) is 0 Å². The Kier molecular flexibility index (Phi) is 2.78. The van der Waals surface area contributed by atoms with Crippen LogP contribution in [-0.2, 0) is 18.4 Å². The zero-order valence-corrected chi connectivity index (χ0v) is 10.0. The fourth-order valence-electron chi connectivity index (χ4n) is 1.89. The predicted octanol–water partition coefficient (Wildman–Crippen LogP) is 0.0932. The number of rotatable bonds is 2. The SMILES string of the molecule is Cc1ccc2c(=O)n(CC(=O)O)c(=O)n(C)c2c1. The van der Waals surface area contributed by atoms with Gasteiger partial charge in [0.1, 0.15) is 6.54 Å². The summed E-state index contributed by atoms with van der Waals surface area (Å²) < 4.78 is 2.01. The molecule has 0 fully saturated rings. The van der Waals surface area contributed by atoms with Gasteiger partial charge in [-0.25, -0.2) is 9.36 Å². The van der Waals surface area contributed by atoms with Crippen molar-refractivity contribution in [2.24, 2.45) is 7.05 Å². The van der Waals surface area contributed by atoms with Crippen molar-refractivity contribution >= 4 is 16.9 Å². The van der Waals surface area contributed by atoms with Gasteiger partial charge in [-0.1, -0.05) is 6.07 Å². The molecule has 0 radical (unpaired) electrons. The fraction of sp³-hybridized carbons (Fsp3) is 0.250. The van der Waals surface area contributed by atoms with Crippen molar-refractivity contribution in [1.29, 1.82) is 0 Å². The molecule has 2 rings (SSSR count). The van der Waals surface area contributed by atoms with Gasteiger partial charge in [0, 0.05) is 7.05 Å². The second kappa shape index (κ2) is 4.14. The molecule has 0 aliphatic carbocycles. The maximum Gasteiger partial charge on any atom is 0.331 e. The van der Waals surface area contributed by atoms with E-state index in [1.54, 1.807) is 18.2 Å². The number of carboxylic acid groups (broad SMARTS) is 1. The fourth-order valence-corrected chi connectivity index (χ4v) is 1.89. The van der Waals surface area contributed by atoms with E-state index >= 15 is 0 Å². The van der Waals surface area contributed by atoms with Gasteiger partial charge in [0.05, 0.1) is 10.9 Å². The summed E-state index contributed by atoms with van der Waals surface area (Å²) in [6, 6.07) is 5.08. The first-order valence-electron chi connectivity index (χ1n) is 5.34. The number of aliphatic carboxylic acids is 1. The Labute approximate surface area is 102 Å². The first-order chi connectivity index (χ1) is 8.41. The first kappa shape index (κ1) is 12.1. The van der Waals surface area contributed by atoms with Crippen molar-refractivity contribution < 1.29 is 9.90 Å². The van der Waals surface area contributed by atoms with Gasteiger partial charge < -0.3 is 5.11 Å². The van der Waals surface area contributed by atoms with Crippen LogP contribution in [0.3, 0.4) is 0 Å². The smallest absolute Gasteiger partial charge is 0.331 e. The zero-order chi connectivity index (χ0) is 13.4. The molecule has 94 valence electrons. The summed E-state index contributed by atoms with van der Waals surface area (Å²) in [5, 5.41) is 9.05. The molecule has 0 amide bonds. The number of hydrogen-bond acceptors (Lipinski definition) is 3. The average molecular weight is 248 g/mol. The number of carbonyl (C=O) groups is 1. The highest BCUT2D eigenvalue weighted by Crippen LogP contribution is 2.09. The first-order valence-corrected chi connectivity index (χ1v) is 5.34. The molecule has 18 heavy (non-hydrogen) atoms. The largest absolute Gasteiger partial charge is 0.480 e. The molecule has 0 aliphatic rings. The third kappa shape index (κ3) is 1.81. The maximum atomic E-state index is 12.0. The molecule has 2 aromatic rings. The lowest BCUT2D eigenvalue weighted by atomic mass is 10.2. The Balaban J connectivity index is 2.92. The second-order valence-corrected chi connectivity index (χ2v) is 4.15. The van der Waals surface area contributed by atoms with E-state index in [1.165, 1.54) is 11.6 Å². The van der Waals surface area contributed by atoms with Crippen LogP contribution in [0.5, 0.6) is 0 Å². The van der Waals surface area contributed by atoms with Crippen LogP contribution in [0, 0.1) is 6.92 Å². The minimum absolute atomic E-state index is 0.337. The predicted molar refractivity (Wildman–Crippen MR) is 65.8 cm³/mol. The van der Waals surface area contributed by atoms with Gasteiger partial charge in [-0.3, -0.25) is 14.2 Å². The highest BCUT2D eigenvalue weighted by molar-refractivity contribution is 5.79. The number of nitrogens with zero attached hydrogens (tertiary/aromatic N) is 2. The molecule has 0 spiro atoms. The number of aromatic nitrogens is 2. The monoisotopic (exact) mass is 248 g/mol. The molecule has 1 aromatic carbocycles. The Morgan fingerprint density at radius 1 is 1.33 bits per heavy atom. The summed E-state index contributed by atoms with van der Waals surface area (Å²) in [5.41, 5.74) is 0.232. The summed E-state index contributed by atoms with van der Waals surface area (Å²) in [6.45, 7) is 1.22. The summed E-state index contributed by atoms with van der Waals surface area (Å²) in [7, 11) is 1.52. The van der Waals surface area contributed by atoms with Crippen LogP contribution in [0.2, 0.25) is 0 Å². The molecule has 1 aromatic heterocycles. The van der Waals surface area contributed by atoms with Gasteiger partial charge in [-0.05, 0) is 24.6 Å². The van der Waals surface area contributed by atoms with E-state index in [9.17, 15) is 14.4 Å². The summed E-state index contributed by atoms with van der Waals surface area (Å²) in [6.07, 6.45) is 0. The van der Waals surface area contributed by atoms with E-state index in [1.807, 2.05) is 6.92 Å². The lowest BCUT2D eigenvalue weighted by Gasteiger charge is -2.09. The van der Waals surface area contributed by atoms with E-state index in [2.05, 4.69) is 0 Å². The molecule has 0 atom stereocenters. The lowest BCUT2D eigenvalue weighted by Crippen LogP contribution is -2.40. The normalized spacial score (nSPS) is 10.8. The van der Waals surface area contributed by atoms with Crippen molar-refractivity contribution in [2.45, 2.75) is 13.5 Å². The molecule has 6 heteroatoms. The van der Waals surface area contributed by atoms with Crippen molar-refractivity contribution in [3.8, 4) is 0 Å². The quantitative estimate of drug-likeness (QED) is 0.816. The minimum Gasteiger partial charge on any atom is -0.480 e. The number of benzene rings is 1. The van der Waals surface area contributed by atoms with E-state index in [0.717, 1.165) is 10.1 Å². The van der Waals surface area contributed by atoms with Crippen LogP contribution >= 0.6 is 0 Å². The standard InChI is InChI=1S/C12H12N2O4/c1-7-3-4-8-9(5-7)13(2)12(18)14(11(8)17)6-10(15)16/h3-5H,6H2,1-2H3,(H,15,16). The highest BCUT2D eigenvalue weighted by atomic mass is 16.4. The number of hydrogen-bond donors (Lipinski definition) is 1.